The van der Waals surface area contributed by atoms with Crippen molar-refractivity contribution < 1.29 is 9.84 Å². The number of ether oxygens (including phenoxy) is 1. The Labute approximate surface area is 92.4 Å². The van der Waals surface area contributed by atoms with E-state index in [9.17, 15) is 0 Å². The lowest BCUT2D eigenvalue weighted by Crippen LogP contribution is -2.38. The third-order valence-corrected chi connectivity index (χ3v) is 2.89. The lowest BCUT2D eigenvalue weighted by molar-refractivity contribution is 0.0110. The van der Waals surface area contributed by atoms with Gasteiger partial charge in [0.25, 0.3) is 0 Å². The van der Waals surface area contributed by atoms with Crippen molar-refractivity contribution in [2.45, 2.75) is 31.8 Å². The smallest absolute Gasteiger partial charge is 0.0600 e. The van der Waals surface area contributed by atoms with E-state index in [1.54, 1.807) is 0 Å². The Balaban J connectivity index is 2.02. The number of piperidine rings is 1. The summed E-state index contributed by atoms with van der Waals surface area (Å²) in [6.07, 6.45) is 4.69. The first-order valence-electron chi connectivity index (χ1n) is 6.01. The molecular formula is C11H24N2O2. The van der Waals surface area contributed by atoms with Crippen LogP contribution >= 0.6 is 0 Å². The zero-order valence-electron chi connectivity index (χ0n) is 9.53. The lowest BCUT2D eigenvalue weighted by Gasteiger charge is -2.31. The second-order valence-corrected chi connectivity index (χ2v) is 4.13. The van der Waals surface area contributed by atoms with Gasteiger partial charge in [0, 0.05) is 26.2 Å². The molecular weight excluding hydrogens is 192 g/mol. The van der Waals surface area contributed by atoms with Gasteiger partial charge in [0.15, 0.2) is 0 Å². The average molecular weight is 216 g/mol. The molecule has 0 radical (unpaired) electrons. The highest BCUT2D eigenvalue weighted by Gasteiger charge is 2.18. The summed E-state index contributed by atoms with van der Waals surface area (Å²) in [5, 5.41) is 8.68. The molecule has 1 saturated heterocycles. The number of unbranched alkanes of at least 4 members (excludes halogenated alkanes) is 1. The van der Waals surface area contributed by atoms with E-state index < -0.39 is 0 Å². The van der Waals surface area contributed by atoms with Crippen molar-refractivity contribution in [1.82, 2.24) is 4.90 Å². The zero-order chi connectivity index (χ0) is 10.9. The molecule has 0 amide bonds. The number of aliphatic hydroxyl groups is 1. The molecule has 90 valence electrons. The molecule has 0 spiro atoms. The van der Waals surface area contributed by atoms with Crippen molar-refractivity contribution >= 4 is 0 Å². The highest BCUT2D eigenvalue weighted by Crippen LogP contribution is 2.13. The number of hydrogen-bond donors (Lipinski definition) is 2. The summed E-state index contributed by atoms with van der Waals surface area (Å²) < 4.78 is 5.61. The van der Waals surface area contributed by atoms with Gasteiger partial charge in [-0.1, -0.05) is 0 Å². The maximum Gasteiger partial charge on any atom is 0.0600 e. The van der Waals surface area contributed by atoms with Crippen molar-refractivity contribution in [3.05, 3.63) is 0 Å². The van der Waals surface area contributed by atoms with Crippen LogP contribution in [0.15, 0.2) is 0 Å². The summed E-state index contributed by atoms with van der Waals surface area (Å²) in [6.45, 7) is 4.99. The Morgan fingerprint density at radius 2 is 2.00 bits per heavy atom. The molecule has 0 aromatic rings. The molecule has 0 aliphatic carbocycles. The summed E-state index contributed by atoms with van der Waals surface area (Å²) in [6, 6.07) is 0. The highest BCUT2D eigenvalue weighted by atomic mass is 16.5. The first kappa shape index (κ1) is 12.9. The molecule has 4 heteroatoms. The van der Waals surface area contributed by atoms with Gasteiger partial charge in [-0.2, -0.15) is 0 Å². The first-order chi connectivity index (χ1) is 7.36. The van der Waals surface area contributed by atoms with Gasteiger partial charge < -0.3 is 20.5 Å². The monoisotopic (exact) mass is 216 g/mol. The summed E-state index contributed by atoms with van der Waals surface area (Å²) in [4.78, 5) is 2.46. The van der Waals surface area contributed by atoms with Crippen LogP contribution in [0.4, 0.5) is 0 Å². The number of nitrogens with two attached hydrogens (primary N) is 1. The minimum atomic E-state index is 0.316. The number of rotatable bonds is 7. The molecule has 4 nitrogen and oxygen atoms in total. The molecule has 0 aromatic carbocycles. The summed E-state index contributed by atoms with van der Waals surface area (Å²) in [5.41, 5.74) is 5.39. The van der Waals surface area contributed by atoms with Crippen molar-refractivity contribution in [1.29, 1.82) is 0 Å². The van der Waals surface area contributed by atoms with Crippen LogP contribution in [0.5, 0.6) is 0 Å². The van der Waals surface area contributed by atoms with Gasteiger partial charge in [0.2, 0.25) is 0 Å². The van der Waals surface area contributed by atoms with Crippen LogP contribution in [0, 0.1) is 0 Å². The van der Waals surface area contributed by atoms with Crippen LogP contribution in [-0.2, 0) is 4.74 Å². The summed E-state index contributed by atoms with van der Waals surface area (Å²) >= 11 is 0. The lowest BCUT2D eigenvalue weighted by atomic mass is 10.1. The molecule has 3 N–H and O–H groups in total. The SMILES string of the molecule is NCCOC1CCN(CCCCO)CC1. The van der Waals surface area contributed by atoms with Gasteiger partial charge in [-0.25, -0.2) is 0 Å². The van der Waals surface area contributed by atoms with Crippen LogP contribution in [0.2, 0.25) is 0 Å². The standard InChI is InChI=1S/C11H24N2O2/c12-5-10-15-11-3-7-13(8-4-11)6-1-2-9-14/h11,14H,1-10,12H2. The Hall–Kier alpha value is -0.160. The van der Waals surface area contributed by atoms with Crippen molar-refractivity contribution in [2.75, 3.05) is 39.4 Å². The number of hydrogen-bond acceptors (Lipinski definition) is 4. The molecule has 1 heterocycles. The van der Waals surface area contributed by atoms with Crippen LogP contribution in [-0.4, -0.2) is 55.5 Å². The van der Waals surface area contributed by atoms with E-state index in [0.29, 0.717) is 25.9 Å². The quantitative estimate of drug-likeness (QED) is 0.597. The van der Waals surface area contributed by atoms with Gasteiger partial charge in [-0.15, -0.1) is 0 Å². The average Bonchev–Trinajstić information content (AvgIpc) is 2.28. The van der Waals surface area contributed by atoms with Crippen LogP contribution in [0.1, 0.15) is 25.7 Å². The number of nitrogens with zero attached hydrogens (tertiary/aromatic N) is 1. The zero-order valence-corrected chi connectivity index (χ0v) is 9.53. The Bertz CT molecular complexity index is 148. The normalized spacial score (nSPS) is 19.6. The van der Waals surface area contributed by atoms with Crippen LogP contribution in [0.3, 0.4) is 0 Å². The molecule has 0 atom stereocenters. The second kappa shape index (κ2) is 8.05. The van der Waals surface area contributed by atoms with Gasteiger partial charge in [-0.05, 0) is 32.2 Å². The molecule has 15 heavy (non-hydrogen) atoms. The summed E-state index contributed by atoms with van der Waals surface area (Å²) in [5.74, 6) is 0. The van der Waals surface area contributed by atoms with Gasteiger partial charge >= 0.3 is 0 Å². The van der Waals surface area contributed by atoms with E-state index in [1.807, 2.05) is 0 Å². The van der Waals surface area contributed by atoms with E-state index >= 15 is 0 Å². The topological polar surface area (TPSA) is 58.7 Å². The minimum absolute atomic E-state index is 0.316. The maximum atomic E-state index is 8.68. The van der Waals surface area contributed by atoms with Gasteiger partial charge in [0.1, 0.15) is 0 Å². The van der Waals surface area contributed by atoms with E-state index in [0.717, 1.165) is 45.3 Å². The molecule has 1 aliphatic rings. The molecule has 1 aliphatic heterocycles. The predicted octanol–water partition coefficient (Wildman–Crippen LogP) is 0.199. The Kier molecular flexibility index (Phi) is 6.92. The number of likely N-dealkylation sites (tertiary alicyclic amines) is 1. The minimum Gasteiger partial charge on any atom is -0.396 e. The van der Waals surface area contributed by atoms with E-state index in [4.69, 9.17) is 15.6 Å². The predicted molar refractivity (Wildman–Crippen MR) is 60.8 cm³/mol. The first-order valence-corrected chi connectivity index (χ1v) is 6.01. The van der Waals surface area contributed by atoms with Gasteiger partial charge in [0.05, 0.1) is 12.7 Å². The molecule has 1 fully saturated rings. The Morgan fingerprint density at radius 3 is 2.60 bits per heavy atom. The van der Waals surface area contributed by atoms with E-state index in [-0.39, 0.29) is 0 Å². The van der Waals surface area contributed by atoms with Crippen molar-refractivity contribution in [3.63, 3.8) is 0 Å². The number of aliphatic hydroxyl groups excluding tert-OH is 1. The fourth-order valence-corrected chi connectivity index (χ4v) is 1.98. The van der Waals surface area contributed by atoms with E-state index in [1.165, 1.54) is 0 Å². The third kappa shape index (κ3) is 5.47. The van der Waals surface area contributed by atoms with Crippen LogP contribution in [0.25, 0.3) is 0 Å². The fraction of sp³-hybridized carbons (Fsp3) is 1.00. The van der Waals surface area contributed by atoms with Crippen molar-refractivity contribution in [3.8, 4) is 0 Å². The van der Waals surface area contributed by atoms with Crippen molar-refractivity contribution in [2.24, 2.45) is 5.73 Å². The molecule has 0 unspecified atom stereocenters. The maximum absolute atomic E-state index is 8.68. The molecule has 0 bridgehead atoms. The Morgan fingerprint density at radius 1 is 1.27 bits per heavy atom. The van der Waals surface area contributed by atoms with Gasteiger partial charge in [-0.3, -0.25) is 0 Å². The molecule has 0 saturated carbocycles. The van der Waals surface area contributed by atoms with E-state index in [2.05, 4.69) is 4.90 Å². The fourth-order valence-electron chi connectivity index (χ4n) is 1.98. The third-order valence-electron chi connectivity index (χ3n) is 2.89. The largest absolute Gasteiger partial charge is 0.396 e. The molecule has 1 rings (SSSR count). The highest BCUT2D eigenvalue weighted by molar-refractivity contribution is 4.72. The summed E-state index contributed by atoms with van der Waals surface area (Å²) in [7, 11) is 0. The second-order valence-electron chi connectivity index (χ2n) is 4.13. The van der Waals surface area contributed by atoms with Crippen LogP contribution < -0.4 is 5.73 Å². The molecule has 0 aromatic heterocycles.